The van der Waals surface area contributed by atoms with Gasteiger partial charge in [0.15, 0.2) is 0 Å². The number of nitrogens with one attached hydrogen (secondary N) is 1. The Morgan fingerprint density at radius 1 is 1.21 bits per heavy atom. The zero-order chi connectivity index (χ0) is 14.0. The van der Waals surface area contributed by atoms with Crippen molar-refractivity contribution in [3.8, 4) is 0 Å². The molecule has 1 aliphatic rings. The van der Waals surface area contributed by atoms with E-state index in [1.165, 1.54) is 17.5 Å². The topological polar surface area (TPSA) is 12.0 Å². The van der Waals surface area contributed by atoms with Crippen molar-refractivity contribution < 1.29 is 0 Å². The molecule has 0 aliphatic heterocycles. The lowest BCUT2D eigenvalue weighted by Crippen LogP contribution is -2.25. The molecule has 0 aromatic heterocycles. The van der Waals surface area contributed by atoms with Gasteiger partial charge >= 0.3 is 0 Å². The van der Waals surface area contributed by atoms with Gasteiger partial charge in [-0.15, -0.1) is 0 Å². The van der Waals surface area contributed by atoms with Gasteiger partial charge in [-0.2, -0.15) is 0 Å². The lowest BCUT2D eigenvalue weighted by molar-refractivity contribution is 0.421. The van der Waals surface area contributed by atoms with E-state index in [1.807, 2.05) is 0 Å². The Labute approximate surface area is 118 Å². The summed E-state index contributed by atoms with van der Waals surface area (Å²) in [6, 6.07) is 7.62. The molecule has 2 atom stereocenters. The maximum Gasteiger partial charge on any atom is 0.0356 e. The second-order valence-corrected chi connectivity index (χ2v) is 6.57. The van der Waals surface area contributed by atoms with Crippen LogP contribution in [0.25, 0.3) is 0 Å². The average molecular weight is 259 g/mol. The molecule has 106 valence electrons. The average Bonchev–Trinajstić information content (AvgIpc) is 3.03. The summed E-state index contributed by atoms with van der Waals surface area (Å²) < 4.78 is 0. The van der Waals surface area contributed by atoms with Crippen LogP contribution in [0.5, 0.6) is 0 Å². The molecule has 2 unspecified atom stereocenters. The number of hydrogen-bond acceptors (Lipinski definition) is 1. The normalized spacial score (nSPS) is 22.3. The van der Waals surface area contributed by atoms with Crippen molar-refractivity contribution in [2.75, 3.05) is 6.54 Å². The Morgan fingerprint density at radius 3 is 2.37 bits per heavy atom. The highest BCUT2D eigenvalue weighted by molar-refractivity contribution is 5.36. The van der Waals surface area contributed by atoms with Crippen molar-refractivity contribution >= 4 is 0 Å². The van der Waals surface area contributed by atoms with Crippen LogP contribution in [0.2, 0.25) is 0 Å². The summed E-state index contributed by atoms with van der Waals surface area (Å²) in [5.41, 5.74) is 5.05. The van der Waals surface area contributed by atoms with Crippen LogP contribution >= 0.6 is 0 Å². The molecule has 0 spiro atoms. The maximum absolute atomic E-state index is 3.74. The van der Waals surface area contributed by atoms with Crippen LogP contribution in [0.15, 0.2) is 18.2 Å². The number of aryl methyl sites for hydroxylation is 2. The largest absolute Gasteiger partial charge is 0.310 e. The first-order valence-corrected chi connectivity index (χ1v) is 7.88. The standard InChI is InChI=1S/C18H29N/c1-6-13-9-10-14(7-2)15(11-13)17(19-8-3)16-12-18(16,4)5/h9-11,16-17,19H,6-8,12H2,1-5H3. The van der Waals surface area contributed by atoms with Crippen LogP contribution < -0.4 is 5.32 Å². The summed E-state index contributed by atoms with van der Waals surface area (Å²) in [6.07, 6.45) is 3.61. The van der Waals surface area contributed by atoms with Crippen LogP contribution in [0.1, 0.15) is 63.8 Å². The van der Waals surface area contributed by atoms with Gasteiger partial charge in [0.25, 0.3) is 0 Å². The highest BCUT2D eigenvalue weighted by Crippen LogP contribution is 2.58. The molecule has 1 fully saturated rings. The molecule has 0 radical (unpaired) electrons. The Balaban J connectivity index is 2.34. The van der Waals surface area contributed by atoms with E-state index in [1.54, 1.807) is 5.56 Å². The molecule has 0 bridgehead atoms. The first kappa shape index (κ1) is 14.6. The number of benzene rings is 1. The molecule has 1 aromatic carbocycles. The van der Waals surface area contributed by atoms with E-state index in [-0.39, 0.29) is 0 Å². The maximum atomic E-state index is 3.74. The van der Waals surface area contributed by atoms with Gasteiger partial charge in [-0.25, -0.2) is 0 Å². The van der Waals surface area contributed by atoms with Crippen molar-refractivity contribution in [3.63, 3.8) is 0 Å². The summed E-state index contributed by atoms with van der Waals surface area (Å²) in [4.78, 5) is 0. The third-order valence-electron chi connectivity index (χ3n) is 4.75. The van der Waals surface area contributed by atoms with Crippen molar-refractivity contribution in [2.24, 2.45) is 11.3 Å². The van der Waals surface area contributed by atoms with Crippen LogP contribution in [-0.4, -0.2) is 6.54 Å². The molecule has 1 N–H and O–H groups in total. The van der Waals surface area contributed by atoms with Gasteiger partial charge < -0.3 is 5.32 Å². The summed E-state index contributed by atoms with van der Waals surface area (Å²) in [5, 5.41) is 3.74. The summed E-state index contributed by atoms with van der Waals surface area (Å²) in [6.45, 7) is 12.6. The zero-order valence-electron chi connectivity index (χ0n) is 13.2. The minimum atomic E-state index is 0.514. The highest BCUT2D eigenvalue weighted by Gasteiger charge is 2.50. The van der Waals surface area contributed by atoms with Gasteiger partial charge in [0.1, 0.15) is 0 Å². The monoisotopic (exact) mass is 259 g/mol. The lowest BCUT2D eigenvalue weighted by Gasteiger charge is -2.23. The molecule has 1 aliphatic carbocycles. The molecule has 1 aromatic rings. The van der Waals surface area contributed by atoms with Crippen molar-refractivity contribution in [3.05, 3.63) is 34.9 Å². The summed E-state index contributed by atoms with van der Waals surface area (Å²) in [7, 11) is 0. The summed E-state index contributed by atoms with van der Waals surface area (Å²) in [5.74, 6) is 0.796. The van der Waals surface area contributed by atoms with Crippen LogP contribution in [0, 0.1) is 11.3 Å². The van der Waals surface area contributed by atoms with Crippen molar-refractivity contribution in [1.29, 1.82) is 0 Å². The predicted molar refractivity (Wildman–Crippen MR) is 83.5 cm³/mol. The lowest BCUT2D eigenvalue weighted by atomic mass is 9.90. The Kier molecular flexibility index (Phi) is 4.35. The molecule has 1 heteroatoms. The minimum absolute atomic E-state index is 0.514. The second kappa shape index (κ2) is 5.66. The van der Waals surface area contributed by atoms with Gasteiger partial charge in [0, 0.05) is 6.04 Å². The van der Waals surface area contributed by atoms with Gasteiger partial charge in [0.05, 0.1) is 0 Å². The van der Waals surface area contributed by atoms with Crippen LogP contribution in [-0.2, 0) is 12.8 Å². The van der Waals surface area contributed by atoms with Crippen molar-refractivity contribution in [1.82, 2.24) is 5.32 Å². The Morgan fingerprint density at radius 2 is 1.89 bits per heavy atom. The van der Waals surface area contributed by atoms with Gasteiger partial charge in [-0.05, 0) is 53.8 Å². The Hall–Kier alpha value is -0.820. The third-order valence-corrected chi connectivity index (χ3v) is 4.75. The van der Waals surface area contributed by atoms with Crippen LogP contribution in [0.3, 0.4) is 0 Å². The van der Waals surface area contributed by atoms with Gasteiger partial charge in [-0.3, -0.25) is 0 Å². The quantitative estimate of drug-likeness (QED) is 0.792. The zero-order valence-corrected chi connectivity index (χ0v) is 13.2. The third kappa shape index (κ3) is 3.02. The fourth-order valence-electron chi connectivity index (χ4n) is 3.24. The molecule has 19 heavy (non-hydrogen) atoms. The molecular weight excluding hydrogens is 230 g/mol. The predicted octanol–water partition coefficient (Wildman–Crippen LogP) is 4.51. The van der Waals surface area contributed by atoms with Gasteiger partial charge in [-0.1, -0.05) is 52.8 Å². The van der Waals surface area contributed by atoms with Crippen LogP contribution in [0.4, 0.5) is 0 Å². The molecule has 0 heterocycles. The fraction of sp³-hybridized carbons (Fsp3) is 0.667. The molecule has 0 saturated heterocycles. The van der Waals surface area contributed by atoms with E-state index in [4.69, 9.17) is 0 Å². The molecule has 2 rings (SSSR count). The minimum Gasteiger partial charge on any atom is -0.310 e. The number of hydrogen-bond donors (Lipinski definition) is 1. The van der Waals surface area contributed by atoms with E-state index in [9.17, 15) is 0 Å². The SMILES string of the molecule is CCNC(c1cc(CC)ccc1CC)C1CC1(C)C. The van der Waals surface area contributed by atoms with E-state index in [0.29, 0.717) is 11.5 Å². The first-order valence-electron chi connectivity index (χ1n) is 7.88. The fourth-order valence-corrected chi connectivity index (χ4v) is 3.24. The molecule has 0 amide bonds. The molecule has 1 nitrogen and oxygen atoms in total. The molecular formula is C18H29N. The highest BCUT2D eigenvalue weighted by atomic mass is 14.9. The second-order valence-electron chi connectivity index (χ2n) is 6.57. The van der Waals surface area contributed by atoms with E-state index in [2.05, 4.69) is 58.1 Å². The van der Waals surface area contributed by atoms with E-state index >= 15 is 0 Å². The molecule has 1 saturated carbocycles. The Bertz CT molecular complexity index is 433. The smallest absolute Gasteiger partial charge is 0.0356 e. The number of rotatable bonds is 6. The van der Waals surface area contributed by atoms with E-state index < -0.39 is 0 Å². The summed E-state index contributed by atoms with van der Waals surface area (Å²) >= 11 is 0. The van der Waals surface area contributed by atoms with E-state index in [0.717, 1.165) is 25.3 Å². The van der Waals surface area contributed by atoms with Crippen molar-refractivity contribution in [2.45, 2.75) is 59.9 Å². The first-order chi connectivity index (χ1) is 9.03. The van der Waals surface area contributed by atoms with Gasteiger partial charge in [0.2, 0.25) is 0 Å².